The molecule has 7 heteroatoms. The molecule has 1 rings (SSSR count). The summed E-state index contributed by atoms with van der Waals surface area (Å²) in [6, 6.07) is -0.552. The van der Waals surface area contributed by atoms with E-state index >= 15 is 0 Å². The monoisotopic (exact) mass is 341 g/mol. The Morgan fingerprint density at radius 2 is 1.88 bits per heavy atom. The van der Waals surface area contributed by atoms with Gasteiger partial charge in [-0.3, -0.25) is 19.3 Å². The Kier molecular flexibility index (Phi) is 8.18. The first kappa shape index (κ1) is 20.4. The highest BCUT2D eigenvalue weighted by Crippen LogP contribution is 2.27. The molecule has 0 saturated heterocycles. The zero-order valence-electron chi connectivity index (χ0n) is 15.2. The van der Waals surface area contributed by atoms with E-state index in [-0.39, 0.29) is 24.4 Å². The van der Waals surface area contributed by atoms with Gasteiger partial charge in [-0.15, -0.1) is 0 Å². The second kappa shape index (κ2) is 9.61. The first-order valence-corrected chi connectivity index (χ1v) is 8.71. The van der Waals surface area contributed by atoms with Crippen LogP contribution in [0.3, 0.4) is 0 Å². The number of rotatable bonds is 8. The molecule has 0 aromatic carbocycles. The fourth-order valence-corrected chi connectivity index (χ4v) is 3.28. The maximum atomic E-state index is 12.6. The molecule has 0 aromatic heterocycles. The van der Waals surface area contributed by atoms with Crippen LogP contribution in [0.25, 0.3) is 0 Å². The molecule has 1 aliphatic rings. The predicted molar refractivity (Wildman–Crippen MR) is 91.5 cm³/mol. The molecule has 2 N–H and O–H groups in total. The Balaban J connectivity index is 2.67. The Hall–Kier alpha value is -1.63. The second-order valence-electron chi connectivity index (χ2n) is 6.80. The minimum Gasteiger partial charge on any atom is -0.480 e. The van der Waals surface area contributed by atoms with Crippen LogP contribution in [0, 0.1) is 5.92 Å². The van der Waals surface area contributed by atoms with Crippen molar-refractivity contribution in [1.29, 1.82) is 0 Å². The molecule has 2 amide bonds. The number of carbonyl (C=O) groups excluding carboxylic acids is 2. The molecule has 0 heterocycles. The maximum Gasteiger partial charge on any atom is 0.320 e. The summed E-state index contributed by atoms with van der Waals surface area (Å²) in [5.74, 6) is -0.737. The molecule has 0 aromatic rings. The van der Waals surface area contributed by atoms with Crippen LogP contribution in [-0.4, -0.2) is 71.5 Å². The molecule has 3 atom stereocenters. The molecule has 24 heavy (non-hydrogen) atoms. The van der Waals surface area contributed by atoms with E-state index in [1.54, 1.807) is 16.7 Å². The van der Waals surface area contributed by atoms with E-state index in [9.17, 15) is 19.5 Å². The second-order valence-corrected chi connectivity index (χ2v) is 6.80. The third-order valence-electron chi connectivity index (χ3n) is 4.97. The molecule has 1 aliphatic carbocycles. The number of likely N-dealkylation sites (N-methyl/N-ethyl adjacent to an activating group) is 1. The van der Waals surface area contributed by atoms with E-state index in [4.69, 9.17) is 0 Å². The lowest BCUT2D eigenvalue weighted by Gasteiger charge is -2.37. The number of carboxylic acid groups (broad SMARTS) is 1. The summed E-state index contributed by atoms with van der Waals surface area (Å²) in [5, 5.41) is 11.9. The lowest BCUT2D eigenvalue weighted by atomic mass is 9.85. The third kappa shape index (κ3) is 6.11. The summed E-state index contributed by atoms with van der Waals surface area (Å²) in [6.07, 6.45) is 4.47. The van der Waals surface area contributed by atoms with E-state index in [1.807, 2.05) is 7.05 Å². The summed E-state index contributed by atoms with van der Waals surface area (Å²) in [7, 11) is 1.81. The zero-order chi connectivity index (χ0) is 18.3. The highest BCUT2D eigenvalue weighted by molar-refractivity contribution is 5.80. The van der Waals surface area contributed by atoms with Gasteiger partial charge in [0.1, 0.15) is 6.04 Å². The van der Waals surface area contributed by atoms with Gasteiger partial charge >= 0.3 is 5.97 Å². The molecule has 0 aliphatic heterocycles. The average molecular weight is 341 g/mol. The van der Waals surface area contributed by atoms with Crippen LogP contribution >= 0.6 is 0 Å². The number of carbonyl (C=O) groups is 3. The third-order valence-corrected chi connectivity index (χ3v) is 4.97. The number of aliphatic carboxylic acids is 1. The van der Waals surface area contributed by atoms with Crippen LogP contribution in [0.15, 0.2) is 0 Å². The fraction of sp³-hybridized carbons (Fsp3) is 0.824. The SMILES string of the molecule is CC(=O)NCCN(CC(=O)N(C)C1CCCCC1C)C(C)C(=O)O. The van der Waals surface area contributed by atoms with Crippen LogP contribution in [-0.2, 0) is 14.4 Å². The van der Waals surface area contributed by atoms with Gasteiger partial charge in [-0.2, -0.15) is 0 Å². The lowest BCUT2D eigenvalue weighted by molar-refractivity contribution is -0.144. The summed E-state index contributed by atoms with van der Waals surface area (Å²) in [4.78, 5) is 38.3. The Morgan fingerprint density at radius 3 is 2.42 bits per heavy atom. The molecule has 138 valence electrons. The van der Waals surface area contributed by atoms with Crippen LogP contribution < -0.4 is 5.32 Å². The van der Waals surface area contributed by atoms with Crippen LogP contribution in [0.4, 0.5) is 0 Å². The summed E-state index contributed by atoms with van der Waals surface area (Å²) < 4.78 is 0. The van der Waals surface area contributed by atoms with Gasteiger partial charge < -0.3 is 15.3 Å². The fourth-order valence-electron chi connectivity index (χ4n) is 3.28. The average Bonchev–Trinajstić information content (AvgIpc) is 2.52. The minimum atomic E-state index is -0.973. The quantitative estimate of drug-likeness (QED) is 0.686. The van der Waals surface area contributed by atoms with Gasteiger partial charge in [0.05, 0.1) is 6.54 Å². The lowest BCUT2D eigenvalue weighted by Crippen LogP contribution is -2.51. The van der Waals surface area contributed by atoms with Crippen molar-refractivity contribution < 1.29 is 19.5 Å². The van der Waals surface area contributed by atoms with Gasteiger partial charge in [-0.25, -0.2) is 0 Å². The van der Waals surface area contributed by atoms with Crippen molar-refractivity contribution in [3.63, 3.8) is 0 Å². The van der Waals surface area contributed by atoms with Crippen molar-refractivity contribution in [1.82, 2.24) is 15.1 Å². The molecule has 0 radical (unpaired) electrons. The Labute approximate surface area is 144 Å². The topological polar surface area (TPSA) is 90.0 Å². The first-order valence-electron chi connectivity index (χ1n) is 8.71. The van der Waals surface area contributed by atoms with Gasteiger partial charge in [0, 0.05) is 33.1 Å². The number of nitrogens with one attached hydrogen (secondary N) is 1. The number of hydrogen-bond acceptors (Lipinski definition) is 4. The maximum absolute atomic E-state index is 12.6. The van der Waals surface area contributed by atoms with Crippen LogP contribution in [0.1, 0.15) is 46.5 Å². The van der Waals surface area contributed by atoms with E-state index in [2.05, 4.69) is 12.2 Å². The van der Waals surface area contributed by atoms with E-state index < -0.39 is 12.0 Å². The van der Waals surface area contributed by atoms with Gasteiger partial charge in [-0.05, 0) is 25.7 Å². The van der Waals surface area contributed by atoms with Gasteiger partial charge in [0.15, 0.2) is 0 Å². The van der Waals surface area contributed by atoms with E-state index in [1.165, 1.54) is 13.3 Å². The summed E-state index contributed by atoms with van der Waals surface area (Å²) in [6.45, 7) is 5.84. The molecule has 0 spiro atoms. The van der Waals surface area contributed by atoms with Crippen molar-refractivity contribution in [3.05, 3.63) is 0 Å². The number of carboxylic acids is 1. The molecule has 1 fully saturated rings. The van der Waals surface area contributed by atoms with E-state index in [0.29, 0.717) is 19.0 Å². The molecular formula is C17H31N3O4. The number of nitrogens with zero attached hydrogens (tertiary/aromatic N) is 2. The summed E-state index contributed by atoms with van der Waals surface area (Å²) >= 11 is 0. The Morgan fingerprint density at radius 1 is 1.25 bits per heavy atom. The van der Waals surface area contributed by atoms with Crippen molar-refractivity contribution in [2.45, 2.75) is 58.5 Å². The van der Waals surface area contributed by atoms with Crippen LogP contribution in [0.2, 0.25) is 0 Å². The first-order chi connectivity index (χ1) is 11.2. The minimum absolute atomic E-state index is 0.0484. The highest BCUT2D eigenvalue weighted by Gasteiger charge is 2.30. The van der Waals surface area contributed by atoms with Crippen LogP contribution in [0.5, 0.6) is 0 Å². The number of hydrogen-bond donors (Lipinski definition) is 2. The summed E-state index contributed by atoms with van der Waals surface area (Å²) in [5.41, 5.74) is 0. The largest absolute Gasteiger partial charge is 0.480 e. The molecule has 1 saturated carbocycles. The molecule has 0 bridgehead atoms. The molecular weight excluding hydrogens is 310 g/mol. The standard InChI is InChI=1S/C17H31N3O4/c1-12-7-5-6-8-15(12)19(4)16(22)11-20(13(2)17(23)24)10-9-18-14(3)21/h12-13,15H,5-11H2,1-4H3,(H,18,21)(H,23,24). The van der Waals surface area contributed by atoms with Crippen molar-refractivity contribution >= 4 is 17.8 Å². The number of amides is 2. The van der Waals surface area contributed by atoms with Crippen molar-refractivity contribution in [2.75, 3.05) is 26.7 Å². The Bertz CT molecular complexity index is 455. The van der Waals surface area contributed by atoms with E-state index in [0.717, 1.165) is 19.3 Å². The predicted octanol–water partition coefficient (Wildman–Crippen LogP) is 0.935. The van der Waals surface area contributed by atoms with Gasteiger partial charge in [0.2, 0.25) is 11.8 Å². The van der Waals surface area contributed by atoms with Crippen molar-refractivity contribution in [2.24, 2.45) is 5.92 Å². The molecule has 3 unspecified atom stereocenters. The van der Waals surface area contributed by atoms with Gasteiger partial charge in [-0.1, -0.05) is 19.8 Å². The highest BCUT2D eigenvalue weighted by atomic mass is 16.4. The van der Waals surface area contributed by atoms with Crippen molar-refractivity contribution in [3.8, 4) is 0 Å². The normalized spacial score (nSPS) is 22.0. The molecule has 7 nitrogen and oxygen atoms in total. The zero-order valence-corrected chi connectivity index (χ0v) is 15.2. The smallest absolute Gasteiger partial charge is 0.320 e. The van der Waals surface area contributed by atoms with Gasteiger partial charge in [0.25, 0.3) is 0 Å².